The van der Waals surface area contributed by atoms with E-state index in [1.54, 1.807) is 43.3 Å². The van der Waals surface area contributed by atoms with Gasteiger partial charge in [0.05, 0.1) is 5.52 Å². The average molecular weight is 594 g/mol. The van der Waals surface area contributed by atoms with E-state index in [2.05, 4.69) is 9.97 Å². The Bertz CT molecular complexity index is 2140. The molecule has 0 N–H and O–H groups in total. The van der Waals surface area contributed by atoms with Crippen molar-refractivity contribution in [2.75, 3.05) is 10.8 Å². The van der Waals surface area contributed by atoms with Crippen LogP contribution in [0.4, 0.5) is 5.82 Å². The first-order chi connectivity index (χ1) is 19.5. The van der Waals surface area contributed by atoms with Crippen LogP contribution in [0.15, 0.2) is 82.6 Å². The van der Waals surface area contributed by atoms with Gasteiger partial charge in [-0.15, -0.1) is 0 Å². The number of allylic oxidation sites excluding steroid dienone is 2. The largest absolute Gasteiger partial charge is 0.747 e. The molecule has 3 aromatic heterocycles. The zero-order valence-electron chi connectivity index (χ0n) is 21.4. The highest BCUT2D eigenvalue weighted by Crippen LogP contribution is 2.40. The lowest BCUT2D eigenvalue weighted by Gasteiger charge is -2.19. The molecule has 0 spiro atoms. The van der Waals surface area contributed by atoms with Gasteiger partial charge in [-0.05, 0) is 35.2 Å². The first-order valence-electron chi connectivity index (χ1n) is 12.3. The maximum atomic E-state index is 11.8. The van der Waals surface area contributed by atoms with Crippen molar-refractivity contribution >= 4 is 65.2 Å². The van der Waals surface area contributed by atoms with Crippen LogP contribution in [0.1, 0.15) is 19.2 Å². The van der Waals surface area contributed by atoms with Gasteiger partial charge in [-0.1, -0.05) is 43.3 Å². The van der Waals surface area contributed by atoms with E-state index in [0.717, 1.165) is 20.2 Å². The first-order valence-corrected chi connectivity index (χ1v) is 15.5. The maximum absolute atomic E-state index is 11.8. The second-order valence-corrected chi connectivity index (χ2v) is 12.1. The number of anilines is 1. The molecule has 14 heteroatoms. The standard InChI is InChI=1S/C27H22N4O8S2/c1-2-17(11-24-30(15-40(32,33)34)26-22(38-24)13-18-7-3-5-9-20(18)28-26)12-25-31(16-41(35,36)37)27-23(39-25)14-19-8-4-6-10-21(19)29-27/h3-14H,2,15-16H2,1H3,(H-,32,33,34,35,36,37)/p-1. The van der Waals surface area contributed by atoms with E-state index in [9.17, 15) is 25.9 Å². The van der Waals surface area contributed by atoms with E-state index < -0.39 is 32.0 Å². The number of benzene rings is 2. The number of oxazole rings is 1. The lowest BCUT2D eigenvalue weighted by molar-refractivity contribution is -0.660. The minimum absolute atomic E-state index is 0.0262. The quantitative estimate of drug-likeness (QED) is 0.200. The normalized spacial score (nSPS) is 15.2. The molecule has 12 nitrogen and oxygen atoms in total. The van der Waals surface area contributed by atoms with E-state index >= 15 is 0 Å². The van der Waals surface area contributed by atoms with Gasteiger partial charge in [0.2, 0.25) is 11.5 Å². The summed E-state index contributed by atoms with van der Waals surface area (Å²) < 4.78 is 83.8. The van der Waals surface area contributed by atoms with Crippen LogP contribution in [-0.4, -0.2) is 41.8 Å². The number of ether oxygens (including phenoxy) is 1. The summed E-state index contributed by atoms with van der Waals surface area (Å²) in [4.78, 5) is 10.2. The van der Waals surface area contributed by atoms with Crippen molar-refractivity contribution < 1.29 is 39.7 Å². The molecule has 0 fully saturated rings. The molecule has 2 aromatic carbocycles. The number of nitrogens with zero attached hydrogens (tertiary/aromatic N) is 4. The van der Waals surface area contributed by atoms with Crippen molar-refractivity contribution in [2.45, 2.75) is 19.2 Å². The van der Waals surface area contributed by atoms with Gasteiger partial charge in [-0.2, -0.15) is 4.57 Å². The molecule has 0 radical (unpaired) electrons. The molecular weight excluding hydrogens is 572 g/mol. The Labute approximate surface area is 234 Å². The van der Waals surface area contributed by atoms with Crippen LogP contribution in [0.3, 0.4) is 0 Å². The summed E-state index contributed by atoms with van der Waals surface area (Å²) in [7, 11) is -9.48. The van der Waals surface area contributed by atoms with Gasteiger partial charge >= 0.3 is 5.65 Å². The van der Waals surface area contributed by atoms with E-state index in [1.807, 2.05) is 24.3 Å². The van der Waals surface area contributed by atoms with Crippen LogP contribution in [0, 0.1) is 0 Å². The lowest BCUT2D eigenvalue weighted by atomic mass is 10.2. The van der Waals surface area contributed by atoms with Gasteiger partial charge < -0.3 is 18.3 Å². The zero-order chi connectivity index (χ0) is 28.9. The Kier molecular flexibility index (Phi) is 6.49. The lowest BCUT2D eigenvalue weighted by Crippen LogP contribution is -2.39. The van der Waals surface area contributed by atoms with Crippen LogP contribution >= 0.6 is 0 Å². The molecule has 1 aliphatic rings. The minimum Gasteiger partial charge on any atom is -0.747 e. The Morgan fingerprint density at radius 3 is 2.27 bits per heavy atom. The molecule has 4 heterocycles. The Hall–Kier alpha value is -4.37. The minimum atomic E-state index is -4.74. The monoisotopic (exact) mass is 593 g/mol. The van der Waals surface area contributed by atoms with Crippen molar-refractivity contribution in [1.29, 1.82) is 0 Å². The summed E-state index contributed by atoms with van der Waals surface area (Å²) in [6.07, 6.45) is 3.36. The Balaban J connectivity index is 1.49. The van der Waals surface area contributed by atoms with Gasteiger partial charge in [0.1, 0.15) is 26.1 Å². The maximum Gasteiger partial charge on any atom is 0.370 e. The van der Waals surface area contributed by atoms with E-state index in [1.165, 1.54) is 12.2 Å². The highest BCUT2D eigenvalue weighted by atomic mass is 32.2. The molecule has 41 heavy (non-hydrogen) atoms. The third kappa shape index (κ3) is 5.50. The fraction of sp³-hybridized carbons (Fsp3) is 0.148. The second kappa shape index (κ2) is 9.92. The predicted octanol–water partition coefficient (Wildman–Crippen LogP) is 3.36. The van der Waals surface area contributed by atoms with Crippen molar-refractivity contribution in [3.8, 4) is 5.75 Å². The number of hydrogen-bond acceptors (Lipinski definition) is 11. The average Bonchev–Trinajstić information content (AvgIpc) is 3.39. The topological polar surface area (TPSA) is 170 Å². The van der Waals surface area contributed by atoms with Crippen molar-refractivity contribution in [2.24, 2.45) is 0 Å². The number of pyridine rings is 2. The summed E-state index contributed by atoms with van der Waals surface area (Å²) in [5.74, 6) is -1.37. The van der Waals surface area contributed by atoms with E-state index in [0.29, 0.717) is 23.0 Å². The number of hydrogen-bond donors (Lipinski definition) is 0. The van der Waals surface area contributed by atoms with Crippen LogP contribution < -0.4 is 14.2 Å². The van der Waals surface area contributed by atoms with Crippen LogP contribution in [-0.2, 0) is 26.1 Å². The van der Waals surface area contributed by atoms with Gasteiger partial charge in [-0.3, -0.25) is 4.90 Å². The van der Waals surface area contributed by atoms with E-state index in [-0.39, 0.29) is 34.6 Å². The molecule has 0 atom stereocenters. The molecular formula is C27H21N4O8S2-. The predicted molar refractivity (Wildman–Crippen MR) is 147 cm³/mol. The summed E-state index contributed by atoms with van der Waals surface area (Å²) in [5, 5.41) is 1.51. The molecule has 0 amide bonds. The van der Waals surface area contributed by atoms with Crippen LogP contribution in [0.25, 0.3) is 39.1 Å². The molecule has 1 aliphatic heterocycles. The molecule has 5 aromatic rings. The fourth-order valence-electron chi connectivity index (χ4n) is 4.60. The van der Waals surface area contributed by atoms with Gasteiger partial charge in [0.25, 0.3) is 5.89 Å². The smallest absolute Gasteiger partial charge is 0.370 e. The third-order valence-corrected chi connectivity index (χ3v) is 7.56. The second-order valence-electron chi connectivity index (χ2n) is 9.33. The Morgan fingerprint density at radius 1 is 0.951 bits per heavy atom. The van der Waals surface area contributed by atoms with Gasteiger partial charge in [0, 0.05) is 29.0 Å². The van der Waals surface area contributed by atoms with Crippen molar-refractivity contribution in [3.05, 3.63) is 84.1 Å². The summed E-state index contributed by atoms with van der Waals surface area (Å²) in [5.41, 5.74) is 2.10. The Morgan fingerprint density at radius 2 is 1.61 bits per heavy atom. The van der Waals surface area contributed by atoms with Crippen molar-refractivity contribution in [3.63, 3.8) is 0 Å². The first kappa shape index (κ1) is 26.8. The van der Waals surface area contributed by atoms with Gasteiger partial charge in [0.15, 0.2) is 23.0 Å². The summed E-state index contributed by atoms with van der Waals surface area (Å²) >= 11 is 0. The number of aromatic nitrogens is 3. The highest BCUT2D eigenvalue weighted by molar-refractivity contribution is 7.85. The molecule has 0 unspecified atom stereocenters. The summed E-state index contributed by atoms with van der Waals surface area (Å²) in [6.45, 7) is 1.80. The summed E-state index contributed by atoms with van der Waals surface area (Å²) in [6, 6.07) is 17.7. The molecule has 6 rings (SSSR count). The molecule has 0 saturated carbocycles. The van der Waals surface area contributed by atoms with Gasteiger partial charge in [-0.25, -0.2) is 21.8 Å². The molecule has 0 saturated heterocycles. The fourth-order valence-corrected chi connectivity index (χ4v) is 5.73. The number of rotatable bonds is 7. The number of fused-ring (bicyclic) bond motifs is 4. The van der Waals surface area contributed by atoms with Crippen molar-refractivity contribution in [1.82, 2.24) is 9.97 Å². The molecule has 0 bridgehead atoms. The molecule has 210 valence electrons. The SMILES string of the molecule is CCC(/C=C1\Oc2cc3ccccc3nc2N1CS(=O)(=O)[O-])=C\c1oc2cc3ccccc3nc2[n+]1CS(=O)(=O)[O-]. The number of para-hydroxylation sites is 2. The van der Waals surface area contributed by atoms with Crippen LogP contribution in [0.2, 0.25) is 0 Å². The molecule has 0 aliphatic carbocycles. The highest BCUT2D eigenvalue weighted by Gasteiger charge is 2.31. The van der Waals surface area contributed by atoms with Crippen LogP contribution in [0.5, 0.6) is 5.75 Å². The third-order valence-electron chi connectivity index (χ3n) is 6.41. The van der Waals surface area contributed by atoms with E-state index in [4.69, 9.17) is 9.15 Å². The zero-order valence-corrected chi connectivity index (χ0v) is 23.1.